The maximum atomic E-state index is 5.67. The number of methoxy groups -OCH3 is 1. The Kier molecular flexibility index (Phi) is 6.12. The van der Waals surface area contributed by atoms with Crippen LogP contribution in [-0.2, 0) is 17.7 Å². The zero-order chi connectivity index (χ0) is 14.9. The molecule has 1 aromatic heterocycles. The van der Waals surface area contributed by atoms with Gasteiger partial charge in [0.05, 0.1) is 12.3 Å². The fourth-order valence-corrected chi connectivity index (χ4v) is 1.81. The number of ether oxygens (including phenoxy) is 2. The molecule has 5 heteroatoms. The van der Waals surface area contributed by atoms with Crippen molar-refractivity contribution in [2.75, 3.05) is 20.3 Å². The molecule has 1 heterocycles. The van der Waals surface area contributed by atoms with E-state index >= 15 is 0 Å². The first-order valence-corrected chi connectivity index (χ1v) is 7.11. The maximum Gasteiger partial charge on any atom is 0.238 e. The molecular weight excluding hydrogens is 266 g/mol. The first-order valence-electron chi connectivity index (χ1n) is 7.11. The van der Waals surface area contributed by atoms with Crippen LogP contribution in [-0.4, -0.2) is 30.5 Å². The Labute approximate surface area is 125 Å². The van der Waals surface area contributed by atoms with E-state index in [-0.39, 0.29) is 0 Å². The number of benzene rings is 1. The fourth-order valence-electron chi connectivity index (χ4n) is 1.81. The molecule has 112 valence electrons. The lowest BCUT2D eigenvalue weighted by atomic mass is 10.1. The Balaban J connectivity index is 1.91. The van der Waals surface area contributed by atoms with Crippen LogP contribution >= 0.6 is 0 Å². The van der Waals surface area contributed by atoms with Crippen molar-refractivity contribution in [3.05, 3.63) is 47.7 Å². The highest BCUT2D eigenvalue weighted by molar-refractivity contribution is 5.30. The first kappa shape index (κ1) is 15.4. The smallest absolute Gasteiger partial charge is 0.238 e. The van der Waals surface area contributed by atoms with E-state index in [0.29, 0.717) is 5.88 Å². The highest BCUT2D eigenvalue weighted by atomic mass is 16.5. The molecule has 0 aliphatic carbocycles. The van der Waals surface area contributed by atoms with E-state index < -0.39 is 0 Å². The van der Waals surface area contributed by atoms with E-state index in [2.05, 4.69) is 22.4 Å². The predicted octanol–water partition coefficient (Wildman–Crippen LogP) is 2.57. The second-order valence-electron chi connectivity index (χ2n) is 4.63. The lowest BCUT2D eigenvalue weighted by Gasteiger charge is -2.06. The maximum absolute atomic E-state index is 5.67. The molecule has 0 aliphatic heterocycles. The van der Waals surface area contributed by atoms with Gasteiger partial charge in [0, 0.05) is 19.7 Å². The standard InChI is InChI=1S/C16H21N3O2/c1-3-17-12-14-6-9-16(19-18-14)21-15-7-4-13(5-8-15)10-11-20-2/h4-9,17H,3,10-12H2,1-2H3. The van der Waals surface area contributed by atoms with Crippen LogP contribution in [0.2, 0.25) is 0 Å². The van der Waals surface area contributed by atoms with E-state index in [1.165, 1.54) is 5.56 Å². The molecule has 1 N–H and O–H groups in total. The van der Waals surface area contributed by atoms with E-state index in [4.69, 9.17) is 9.47 Å². The van der Waals surface area contributed by atoms with E-state index in [9.17, 15) is 0 Å². The van der Waals surface area contributed by atoms with Gasteiger partial charge in [-0.3, -0.25) is 0 Å². The van der Waals surface area contributed by atoms with Crippen molar-refractivity contribution in [3.63, 3.8) is 0 Å². The molecule has 0 saturated heterocycles. The van der Waals surface area contributed by atoms with Gasteiger partial charge in [-0.25, -0.2) is 0 Å². The molecular formula is C16H21N3O2. The van der Waals surface area contributed by atoms with Crippen molar-refractivity contribution in [1.82, 2.24) is 15.5 Å². The zero-order valence-electron chi connectivity index (χ0n) is 12.5. The van der Waals surface area contributed by atoms with Crippen molar-refractivity contribution in [1.29, 1.82) is 0 Å². The molecule has 2 aromatic rings. The minimum absolute atomic E-state index is 0.500. The van der Waals surface area contributed by atoms with E-state index in [0.717, 1.165) is 37.6 Å². The molecule has 0 fully saturated rings. The summed E-state index contributed by atoms with van der Waals surface area (Å²) in [5.41, 5.74) is 2.12. The van der Waals surface area contributed by atoms with Gasteiger partial charge in [0.25, 0.3) is 0 Å². The SMILES string of the molecule is CCNCc1ccc(Oc2ccc(CCOC)cc2)nn1. The van der Waals surface area contributed by atoms with Crippen molar-refractivity contribution < 1.29 is 9.47 Å². The van der Waals surface area contributed by atoms with Gasteiger partial charge in [-0.15, -0.1) is 5.10 Å². The molecule has 0 unspecified atom stereocenters. The van der Waals surface area contributed by atoms with Crippen LogP contribution in [0.25, 0.3) is 0 Å². The highest BCUT2D eigenvalue weighted by Gasteiger charge is 2.01. The summed E-state index contributed by atoms with van der Waals surface area (Å²) in [5.74, 6) is 1.25. The monoisotopic (exact) mass is 287 g/mol. The van der Waals surface area contributed by atoms with E-state index in [1.54, 1.807) is 7.11 Å². The third kappa shape index (κ3) is 5.13. The minimum atomic E-state index is 0.500. The van der Waals surface area contributed by atoms with E-state index in [1.807, 2.05) is 36.4 Å². The fraction of sp³-hybridized carbons (Fsp3) is 0.375. The zero-order valence-corrected chi connectivity index (χ0v) is 12.5. The number of rotatable bonds is 8. The van der Waals surface area contributed by atoms with Crippen LogP contribution in [0.4, 0.5) is 0 Å². The topological polar surface area (TPSA) is 56.3 Å². The largest absolute Gasteiger partial charge is 0.438 e. The molecule has 21 heavy (non-hydrogen) atoms. The van der Waals surface area contributed by atoms with Gasteiger partial charge in [-0.1, -0.05) is 19.1 Å². The Morgan fingerprint density at radius 3 is 2.48 bits per heavy atom. The number of hydrogen-bond donors (Lipinski definition) is 1. The summed E-state index contributed by atoms with van der Waals surface area (Å²) in [5, 5.41) is 11.4. The minimum Gasteiger partial charge on any atom is -0.438 e. The van der Waals surface area contributed by atoms with Crippen LogP contribution in [0.3, 0.4) is 0 Å². The second-order valence-corrected chi connectivity index (χ2v) is 4.63. The van der Waals surface area contributed by atoms with Gasteiger partial charge in [-0.2, -0.15) is 5.10 Å². The number of hydrogen-bond acceptors (Lipinski definition) is 5. The van der Waals surface area contributed by atoms with Crippen LogP contribution in [0, 0.1) is 0 Å². The molecule has 0 radical (unpaired) electrons. The van der Waals surface area contributed by atoms with Gasteiger partial charge in [0.2, 0.25) is 5.88 Å². The van der Waals surface area contributed by atoms with Crippen LogP contribution in [0.15, 0.2) is 36.4 Å². The van der Waals surface area contributed by atoms with Crippen molar-refractivity contribution in [2.24, 2.45) is 0 Å². The van der Waals surface area contributed by atoms with Gasteiger partial charge in [-0.05, 0) is 36.7 Å². The average Bonchev–Trinajstić information content (AvgIpc) is 2.53. The third-order valence-electron chi connectivity index (χ3n) is 2.99. The third-order valence-corrected chi connectivity index (χ3v) is 2.99. The predicted molar refractivity (Wildman–Crippen MR) is 81.5 cm³/mol. The van der Waals surface area contributed by atoms with Gasteiger partial charge in [0.1, 0.15) is 5.75 Å². The van der Waals surface area contributed by atoms with Gasteiger partial charge >= 0.3 is 0 Å². The van der Waals surface area contributed by atoms with Crippen molar-refractivity contribution >= 4 is 0 Å². The normalized spacial score (nSPS) is 10.6. The van der Waals surface area contributed by atoms with Crippen LogP contribution in [0.1, 0.15) is 18.2 Å². The molecule has 0 spiro atoms. The summed E-state index contributed by atoms with van der Waals surface area (Å²) < 4.78 is 10.7. The Bertz CT molecular complexity index is 477. The van der Waals surface area contributed by atoms with Crippen molar-refractivity contribution in [2.45, 2.75) is 19.9 Å². The van der Waals surface area contributed by atoms with Crippen LogP contribution in [0.5, 0.6) is 11.6 Å². The molecule has 0 aliphatic rings. The summed E-state index contributed by atoms with van der Waals surface area (Å²) in [6.45, 7) is 4.41. The lowest BCUT2D eigenvalue weighted by molar-refractivity contribution is 0.202. The molecule has 0 bridgehead atoms. The molecule has 0 amide bonds. The summed E-state index contributed by atoms with van der Waals surface area (Å²) in [4.78, 5) is 0. The molecule has 0 atom stereocenters. The summed E-state index contributed by atoms with van der Waals surface area (Å²) >= 11 is 0. The van der Waals surface area contributed by atoms with Gasteiger partial charge < -0.3 is 14.8 Å². The highest BCUT2D eigenvalue weighted by Crippen LogP contribution is 2.19. The molecule has 2 rings (SSSR count). The molecule has 1 aromatic carbocycles. The summed E-state index contributed by atoms with van der Waals surface area (Å²) in [7, 11) is 1.70. The van der Waals surface area contributed by atoms with Crippen LogP contribution < -0.4 is 10.1 Å². The number of aromatic nitrogens is 2. The first-order chi connectivity index (χ1) is 10.3. The Morgan fingerprint density at radius 2 is 1.86 bits per heavy atom. The molecule has 0 saturated carbocycles. The molecule has 5 nitrogen and oxygen atoms in total. The number of nitrogens with one attached hydrogen (secondary N) is 1. The second kappa shape index (κ2) is 8.34. The lowest BCUT2D eigenvalue weighted by Crippen LogP contribution is -2.13. The Hall–Kier alpha value is -1.98. The number of nitrogens with zero attached hydrogens (tertiary/aromatic N) is 2. The Morgan fingerprint density at radius 1 is 1.05 bits per heavy atom. The summed E-state index contributed by atoms with van der Waals surface area (Å²) in [6.07, 6.45) is 0.899. The average molecular weight is 287 g/mol. The quantitative estimate of drug-likeness (QED) is 0.808. The van der Waals surface area contributed by atoms with Crippen molar-refractivity contribution in [3.8, 4) is 11.6 Å². The summed E-state index contributed by atoms with van der Waals surface area (Å²) in [6, 6.07) is 11.7. The van der Waals surface area contributed by atoms with Gasteiger partial charge in [0.15, 0.2) is 0 Å².